The van der Waals surface area contributed by atoms with E-state index in [1.165, 1.54) is 14.2 Å². The van der Waals surface area contributed by atoms with E-state index in [4.69, 9.17) is 9.47 Å². The fourth-order valence-corrected chi connectivity index (χ4v) is 3.62. The lowest BCUT2D eigenvalue weighted by Crippen LogP contribution is -2.45. The van der Waals surface area contributed by atoms with Crippen molar-refractivity contribution in [1.82, 2.24) is 14.9 Å². The number of aryl methyl sites for hydroxylation is 2. The van der Waals surface area contributed by atoms with E-state index in [1.807, 2.05) is 38.1 Å². The van der Waals surface area contributed by atoms with Crippen molar-refractivity contribution in [2.45, 2.75) is 38.7 Å². The standard InChI is InChI=1S/C21H27N3O4/c1-14-6-5-7-16(12-14)21(26)8-10-24(11-9-21)18(25)13-17-15(2)22-20(28-4)23-19(17)27-3/h5-7,12,26H,8-11,13H2,1-4H3. The molecule has 1 saturated heterocycles. The molecule has 1 N–H and O–H groups in total. The number of carbonyl (C=O) groups excluding carboxylic acids is 1. The van der Waals surface area contributed by atoms with Crippen LogP contribution in [-0.4, -0.2) is 53.2 Å². The van der Waals surface area contributed by atoms with E-state index in [0.29, 0.717) is 43.1 Å². The van der Waals surface area contributed by atoms with Crippen molar-refractivity contribution in [3.05, 3.63) is 46.6 Å². The van der Waals surface area contributed by atoms with E-state index in [1.54, 1.807) is 4.90 Å². The molecule has 150 valence electrons. The molecular weight excluding hydrogens is 358 g/mol. The van der Waals surface area contributed by atoms with Crippen LogP contribution < -0.4 is 9.47 Å². The number of hydrogen-bond donors (Lipinski definition) is 1. The number of piperidine rings is 1. The summed E-state index contributed by atoms with van der Waals surface area (Å²) in [7, 11) is 3.00. The van der Waals surface area contributed by atoms with E-state index in [2.05, 4.69) is 9.97 Å². The summed E-state index contributed by atoms with van der Waals surface area (Å²) in [4.78, 5) is 23.0. The summed E-state index contributed by atoms with van der Waals surface area (Å²) in [6.45, 7) is 4.82. The zero-order valence-corrected chi connectivity index (χ0v) is 16.9. The number of rotatable bonds is 5. The zero-order chi connectivity index (χ0) is 20.3. The van der Waals surface area contributed by atoms with Crippen molar-refractivity contribution in [3.63, 3.8) is 0 Å². The minimum Gasteiger partial charge on any atom is -0.481 e. The van der Waals surface area contributed by atoms with E-state index < -0.39 is 5.60 Å². The van der Waals surface area contributed by atoms with Crippen LogP contribution in [0.1, 0.15) is 35.2 Å². The van der Waals surface area contributed by atoms with Crippen LogP contribution in [0.5, 0.6) is 11.9 Å². The second-order valence-electron chi connectivity index (χ2n) is 7.24. The molecule has 1 amide bonds. The first kappa shape index (κ1) is 20.1. The average Bonchev–Trinajstić information content (AvgIpc) is 2.69. The Morgan fingerprint density at radius 1 is 1.18 bits per heavy atom. The topological polar surface area (TPSA) is 84.8 Å². The number of carbonyl (C=O) groups is 1. The molecule has 0 unspecified atom stereocenters. The lowest BCUT2D eigenvalue weighted by molar-refractivity contribution is -0.135. The third-order valence-electron chi connectivity index (χ3n) is 5.36. The molecule has 2 aromatic rings. The summed E-state index contributed by atoms with van der Waals surface area (Å²) in [5.74, 6) is 0.326. The molecule has 28 heavy (non-hydrogen) atoms. The Morgan fingerprint density at radius 3 is 2.50 bits per heavy atom. The highest BCUT2D eigenvalue weighted by Gasteiger charge is 2.35. The van der Waals surface area contributed by atoms with Gasteiger partial charge in [-0.3, -0.25) is 4.79 Å². The highest BCUT2D eigenvalue weighted by atomic mass is 16.5. The summed E-state index contributed by atoms with van der Waals surface area (Å²) >= 11 is 0. The van der Waals surface area contributed by atoms with Crippen molar-refractivity contribution >= 4 is 5.91 Å². The quantitative estimate of drug-likeness (QED) is 0.849. The summed E-state index contributed by atoms with van der Waals surface area (Å²) in [6, 6.07) is 8.15. The summed E-state index contributed by atoms with van der Waals surface area (Å²) in [5, 5.41) is 11.0. The van der Waals surface area contributed by atoms with Gasteiger partial charge in [0.05, 0.1) is 31.9 Å². The Hall–Kier alpha value is -2.67. The molecule has 1 aliphatic heterocycles. The molecule has 1 aliphatic rings. The number of benzene rings is 1. The number of amides is 1. The van der Waals surface area contributed by atoms with Crippen LogP contribution in [-0.2, 0) is 16.8 Å². The number of methoxy groups -OCH3 is 2. The molecule has 0 spiro atoms. The molecule has 1 aromatic heterocycles. The van der Waals surface area contributed by atoms with Crippen molar-refractivity contribution in [3.8, 4) is 11.9 Å². The first-order chi connectivity index (χ1) is 13.4. The van der Waals surface area contributed by atoms with Crippen LogP contribution in [0.2, 0.25) is 0 Å². The fourth-order valence-electron chi connectivity index (χ4n) is 3.62. The van der Waals surface area contributed by atoms with Crippen LogP contribution in [0.25, 0.3) is 0 Å². The SMILES string of the molecule is COc1nc(C)c(CC(=O)N2CCC(O)(c3cccc(C)c3)CC2)c(OC)n1. The van der Waals surface area contributed by atoms with E-state index in [0.717, 1.165) is 11.1 Å². The van der Waals surface area contributed by atoms with Gasteiger partial charge in [-0.2, -0.15) is 4.98 Å². The molecule has 3 rings (SSSR count). The number of ether oxygens (including phenoxy) is 2. The van der Waals surface area contributed by atoms with Gasteiger partial charge in [0.25, 0.3) is 0 Å². The Morgan fingerprint density at radius 2 is 1.89 bits per heavy atom. The van der Waals surface area contributed by atoms with Gasteiger partial charge in [0.1, 0.15) is 0 Å². The monoisotopic (exact) mass is 385 g/mol. The summed E-state index contributed by atoms with van der Waals surface area (Å²) < 4.78 is 10.4. The molecule has 0 bridgehead atoms. The third-order valence-corrected chi connectivity index (χ3v) is 5.36. The van der Waals surface area contributed by atoms with Crippen molar-refractivity contribution in [2.24, 2.45) is 0 Å². The van der Waals surface area contributed by atoms with Gasteiger partial charge in [0.2, 0.25) is 11.8 Å². The summed E-state index contributed by atoms with van der Waals surface area (Å²) in [6.07, 6.45) is 1.18. The number of nitrogens with zero attached hydrogens (tertiary/aromatic N) is 3. The highest BCUT2D eigenvalue weighted by molar-refractivity contribution is 5.79. The number of likely N-dealkylation sites (tertiary alicyclic amines) is 1. The summed E-state index contributed by atoms with van der Waals surface area (Å²) in [5.41, 5.74) is 2.46. The Balaban J connectivity index is 1.69. The van der Waals surface area contributed by atoms with Gasteiger partial charge in [-0.15, -0.1) is 0 Å². The lowest BCUT2D eigenvalue weighted by Gasteiger charge is -2.38. The molecule has 7 nitrogen and oxygen atoms in total. The second-order valence-corrected chi connectivity index (χ2v) is 7.24. The maximum absolute atomic E-state index is 12.8. The van der Waals surface area contributed by atoms with E-state index >= 15 is 0 Å². The zero-order valence-electron chi connectivity index (χ0n) is 16.9. The maximum atomic E-state index is 12.8. The van der Waals surface area contributed by atoms with Crippen molar-refractivity contribution in [2.75, 3.05) is 27.3 Å². The Kier molecular flexibility index (Phi) is 5.84. The molecule has 1 aromatic carbocycles. The van der Waals surface area contributed by atoms with Gasteiger partial charge in [-0.1, -0.05) is 29.8 Å². The molecule has 7 heteroatoms. The molecular formula is C21H27N3O4. The van der Waals surface area contributed by atoms with Gasteiger partial charge in [0, 0.05) is 18.7 Å². The van der Waals surface area contributed by atoms with Crippen LogP contribution in [0, 0.1) is 13.8 Å². The van der Waals surface area contributed by atoms with Crippen LogP contribution in [0.15, 0.2) is 24.3 Å². The Bertz CT molecular complexity index is 861. The average molecular weight is 385 g/mol. The molecule has 2 heterocycles. The van der Waals surface area contributed by atoms with Crippen molar-refractivity contribution < 1.29 is 19.4 Å². The number of hydrogen-bond acceptors (Lipinski definition) is 6. The second kappa shape index (κ2) is 8.14. The van der Waals surface area contributed by atoms with E-state index in [-0.39, 0.29) is 18.3 Å². The minimum absolute atomic E-state index is 0.0264. The Labute approximate surface area is 165 Å². The van der Waals surface area contributed by atoms with Gasteiger partial charge in [-0.05, 0) is 32.3 Å². The molecule has 0 aliphatic carbocycles. The largest absolute Gasteiger partial charge is 0.481 e. The minimum atomic E-state index is -0.889. The molecule has 0 atom stereocenters. The normalized spacial score (nSPS) is 16.0. The molecule has 0 radical (unpaired) electrons. The van der Waals surface area contributed by atoms with Gasteiger partial charge < -0.3 is 19.5 Å². The van der Waals surface area contributed by atoms with Crippen LogP contribution in [0.4, 0.5) is 0 Å². The molecule has 1 fully saturated rings. The predicted octanol–water partition coefficient (Wildman–Crippen LogP) is 2.16. The van der Waals surface area contributed by atoms with Gasteiger partial charge >= 0.3 is 6.01 Å². The number of aliphatic hydroxyl groups is 1. The van der Waals surface area contributed by atoms with E-state index in [9.17, 15) is 9.90 Å². The van der Waals surface area contributed by atoms with Crippen LogP contribution >= 0.6 is 0 Å². The number of aromatic nitrogens is 2. The molecule has 0 saturated carbocycles. The fraction of sp³-hybridized carbons (Fsp3) is 0.476. The lowest BCUT2D eigenvalue weighted by atomic mass is 9.84. The smallest absolute Gasteiger partial charge is 0.319 e. The maximum Gasteiger partial charge on any atom is 0.319 e. The van der Waals surface area contributed by atoms with Crippen molar-refractivity contribution in [1.29, 1.82) is 0 Å². The first-order valence-corrected chi connectivity index (χ1v) is 9.39. The highest BCUT2D eigenvalue weighted by Crippen LogP contribution is 2.33. The van der Waals surface area contributed by atoms with Crippen LogP contribution in [0.3, 0.4) is 0 Å². The van der Waals surface area contributed by atoms with Gasteiger partial charge in [-0.25, -0.2) is 4.98 Å². The first-order valence-electron chi connectivity index (χ1n) is 9.39. The van der Waals surface area contributed by atoms with Gasteiger partial charge in [0.15, 0.2) is 0 Å². The predicted molar refractivity (Wildman–Crippen MR) is 104 cm³/mol. The third kappa shape index (κ3) is 4.09.